The predicted molar refractivity (Wildman–Crippen MR) is 56.7 cm³/mol. The van der Waals surface area contributed by atoms with Crippen molar-refractivity contribution in [3.63, 3.8) is 0 Å². The van der Waals surface area contributed by atoms with Gasteiger partial charge >= 0.3 is 6.18 Å². The summed E-state index contributed by atoms with van der Waals surface area (Å²) >= 11 is 0. The molecule has 6 heteroatoms. The van der Waals surface area contributed by atoms with Crippen LogP contribution in [0.1, 0.15) is 22.7 Å². The second kappa shape index (κ2) is 4.42. The van der Waals surface area contributed by atoms with Crippen LogP contribution in [0.5, 0.6) is 0 Å². The van der Waals surface area contributed by atoms with Crippen LogP contribution in [0.2, 0.25) is 0 Å². The quantitative estimate of drug-likeness (QED) is 0.832. The molecule has 18 heavy (non-hydrogen) atoms. The number of nitrogens with one attached hydrogen (secondary N) is 1. The molecule has 1 atom stereocenters. The maximum Gasteiger partial charge on any atom is 0.452 e. The number of hydrogen-bond donors (Lipinski definition) is 1. The number of nitriles is 1. The van der Waals surface area contributed by atoms with E-state index in [0.29, 0.717) is 23.1 Å². The van der Waals surface area contributed by atoms with Gasteiger partial charge in [-0.1, -0.05) is 6.07 Å². The molecule has 1 aromatic rings. The summed E-state index contributed by atoms with van der Waals surface area (Å²) in [5.74, 6) is -1.80. The topological polar surface area (TPSA) is 52.9 Å². The minimum absolute atomic E-state index is 0.286. The Morgan fingerprint density at radius 1 is 1.44 bits per heavy atom. The van der Waals surface area contributed by atoms with E-state index < -0.39 is 18.0 Å². The zero-order valence-corrected chi connectivity index (χ0v) is 9.21. The summed E-state index contributed by atoms with van der Waals surface area (Å²) < 4.78 is 37.3. The number of ketones is 1. The van der Waals surface area contributed by atoms with Gasteiger partial charge in [-0.3, -0.25) is 4.79 Å². The molecule has 0 amide bonds. The molecular formula is C12H9F3N2O. The van der Waals surface area contributed by atoms with E-state index in [-0.39, 0.29) is 6.54 Å². The Morgan fingerprint density at radius 2 is 2.17 bits per heavy atom. The maximum absolute atomic E-state index is 12.4. The van der Waals surface area contributed by atoms with E-state index in [1.165, 1.54) is 18.2 Å². The Hall–Kier alpha value is -1.87. The molecule has 3 nitrogen and oxygen atoms in total. The van der Waals surface area contributed by atoms with E-state index >= 15 is 0 Å². The minimum atomic E-state index is -4.86. The summed E-state index contributed by atoms with van der Waals surface area (Å²) in [6.45, 7) is 0.286. The summed E-state index contributed by atoms with van der Waals surface area (Å²) in [7, 11) is 0. The van der Waals surface area contributed by atoms with Gasteiger partial charge in [-0.05, 0) is 29.7 Å². The van der Waals surface area contributed by atoms with Crippen LogP contribution in [0.4, 0.5) is 13.2 Å². The highest BCUT2D eigenvalue weighted by Crippen LogP contribution is 2.30. The Bertz CT molecular complexity index is 531. The lowest BCUT2D eigenvalue weighted by atomic mass is 9.90. The van der Waals surface area contributed by atoms with Gasteiger partial charge in [0.1, 0.15) is 6.04 Å². The first kappa shape index (κ1) is 12.6. The average molecular weight is 254 g/mol. The van der Waals surface area contributed by atoms with Gasteiger partial charge in [-0.25, -0.2) is 0 Å². The highest BCUT2D eigenvalue weighted by Gasteiger charge is 2.45. The van der Waals surface area contributed by atoms with Crippen molar-refractivity contribution in [3.05, 3.63) is 34.9 Å². The molecule has 94 valence electrons. The number of halogens is 3. The molecule has 1 unspecified atom stereocenters. The van der Waals surface area contributed by atoms with Crippen molar-refractivity contribution in [1.82, 2.24) is 5.32 Å². The molecule has 0 aliphatic carbocycles. The summed E-state index contributed by atoms with van der Waals surface area (Å²) in [6.07, 6.45) is -4.35. The van der Waals surface area contributed by atoms with E-state index in [2.05, 4.69) is 5.32 Å². The molecule has 2 rings (SSSR count). The fourth-order valence-electron chi connectivity index (χ4n) is 2.03. The van der Waals surface area contributed by atoms with Gasteiger partial charge in [0, 0.05) is 6.54 Å². The SMILES string of the molecule is N#Cc1ccc2c(c1)CCNC2C(=O)C(F)(F)F. The van der Waals surface area contributed by atoms with Crippen LogP contribution in [0.25, 0.3) is 0 Å². The number of rotatable bonds is 1. The van der Waals surface area contributed by atoms with E-state index in [1.54, 1.807) is 0 Å². The summed E-state index contributed by atoms with van der Waals surface area (Å²) in [5.41, 5.74) is 1.31. The normalized spacial score (nSPS) is 18.9. The molecule has 0 radical (unpaired) electrons. The van der Waals surface area contributed by atoms with Gasteiger partial charge < -0.3 is 5.32 Å². The van der Waals surface area contributed by atoms with Gasteiger partial charge in [0.15, 0.2) is 0 Å². The minimum Gasteiger partial charge on any atom is -0.303 e. The maximum atomic E-state index is 12.4. The van der Waals surface area contributed by atoms with Crippen LogP contribution in [-0.2, 0) is 11.2 Å². The summed E-state index contributed by atoms with van der Waals surface area (Å²) in [4.78, 5) is 11.3. The van der Waals surface area contributed by atoms with Gasteiger partial charge in [-0.2, -0.15) is 18.4 Å². The highest BCUT2D eigenvalue weighted by atomic mass is 19.4. The standard InChI is InChI=1S/C12H9F3N2O/c13-12(14,15)11(18)10-9-2-1-7(6-16)5-8(9)3-4-17-10/h1-2,5,10,17H,3-4H2. The number of alkyl halides is 3. The molecule has 1 aliphatic heterocycles. The number of hydrogen-bond acceptors (Lipinski definition) is 3. The molecule has 0 saturated carbocycles. The predicted octanol–water partition coefficient (Wildman–Crippen LogP) is 1.88. The van der Waals surface area contributed by atoms with Gasteiger partial charge in [-0.15, -0.1) is 0 Å². The Labute approximate surface area is 101 Å². The van der Waals surface area contributed by atoms with Gasteiger partial charge in [0.2, 0.25) is 0 Å². The first-order valence-corrected chi connectivity index (χ1v) is 5.31. The Kier molecular flexibility index (Phi) is 3.09. The Balaban J connectivity index is 2.41. The smallest absolute Gasteiger partial charge is 0.303 e. The fraction of sp³-hybridized carbons (Fsp3) is 0.333. The van der Waals surface area contributed by atoms with Crippen molar-refractivity contribution in [3.8, 4) is 6.07 Å². The van der Waals surface area contributed by atoms with Crippen molar-refractivity contribution < 1.29 is 18.0 Å². The molecule has 1 aromatic carbocycles. The second-order valence-corrected chi connectivity index (χ2v) is 4.02. The lowest BCUT2D eigenvalue weighted by molar-refractivity contribution is -0.173. The van der Waals surface area contributed by atoms with Crippen LogP contribution < -0.4 is 5.32 Å². The van der Waals surface area contributed by atoms with E-state index in [9.17, 15) is 18.0 Å². The average Bonchev–Trinajstić information content (AvgIpc) is 2.35. The zero-order chi connectivity index (χ0) is 13.3. The molecule has 1 aliphatic rings. The van der Waals surface area contributed by atoms with Crippen molar-refractivity contribution in [1.29, 1.82) is 5.26 Å². The summed E-state index contributed by atoms with van der Waals surface area (Å²) in [5, 5.41) is 11.3. The van der Waals surface area contributed by atoms with Crippen molar-refractivity contribution in [2.24, 2.45) is 0 Å². The molecule has 0 bridgehead atoms. The van der Waals surface area contributed by atoms with Crippen LogP contribution in [0.15, 0.2) is 18.2 Å². The number of benzene rings is 1. The third-order valence-electron chi connectivity index (χ3n) is 2.87. The van der Waals surface area contributed by atoms with Crippen molar-refractivity contribution in [2.75, 3.05) is 6.54 Å². The highest BCUT2D eigenvalue weighted by molar-refractivity contribution is 5.90. The van der Waals surface area contributed by atoms with Gasteiger partial charge in [0.25, 0.3) is 5.78 Å². The second-order valence-electron chi connectivity index (χ2n) is 4.02. The van der Waals surface area contributed by atoms with E-state index in [0.717, 1.165) is 0 Å². The third kappa shape index (κ3) is 2.22. The van der Waals surface area contributed by atoms with E-state index in [4.69, 9.17) is 5.26 Å². The van der Waals surface area contributed by atoms with Crippen molar-refractivity contribution >= 4 is 5.78 Å². The molecule has 0 saturated heterocycles. The summed E-state index contributed by atoms with van der Waals surface area (Å²) in [6, 6.07) is 4.93. The molecule has 0 aromatic heterocycles. The van der Waals surface area contributed by atoms with E-state index in [1.807, 2.05) is 6.07 Å². The van der Waals surface area contributed by atoms with Crippen LogP contribution in [0, 0.1) is 11.3 Å². The number of carbonyl (C=O) groups excluding carboxylic acids is 1. The number of nitrogens with zero attached hydrogens (tertiary/aromatic N) is 1. The molecule has 1 N–H and O–H groups in total. The van der Waals surface area contributed by atoms with Crippen LogP contribution in [-0.4, -0.2) is 18.5 Å². The van der Waals surface area contributed by atoms with Crippen LogP contribution in [0.3, 0.4) is 0 Å². The Morgan fingerprint density at radius 3 is 2.78 bits per heavy atom. The third-order valence-corrected chi connectivity index (χ3v) is 2.87. The van der Waals surface area contributed by atoms with Crippen molar-refractivity contribution in [2.45, 2.75) is 18.6 Å². The first-order chi connectivity index (χ1) is 8.43. The monoisotopic (exact) mass is 254 g/mol. The molecule has 0 fully saturated rings. The van der Waals surface area contributed by atoms with Crippen LogP contribution >= 0.6 is 0 Å². The number of fused-ring (bicyclic) bond motifs is 1. The lowest BCUT2D eigenvalue weighted by Crippen LogP contribution is -2.41. The number of Topliss-reactive ketones (excluding diaryl/α,β-unsaturated/α-hetero) is 1. The number of carbonyl (C=O) groups is 1. The first-order valence-electron chi connectivity index (χ1n) is 5.31. The fourth-order valence-corrected chi connectivity index (χ4v) is 2.03. The van der Waals surface area contributed by atoms with Gasteiger partial charge in [0.05, 0.1) is 11.6 Å². The molecular weight excluding hydrogens is 245 g/mol. The zero-order valence-electron chi connectivity index (χ0n) is 9.21. The molecule has 1 heterocycles. The largest absolute Gasteiger partial charge is 0.452 e. The lowest BCUT2D eigenvalue weighted by Gasteiger charge is -2.26. The molecule has 0 spiro atoms.